The van der Waals surface area contributed by atoms with Crippen LogP contribution in [-0.4, -0.2) is 22.2 Å². The summed E-state index contributed by atoms with van der Waals surface area (Å²) < 4.78 is 5.07. The van der Waals surface area contributed by atoms with E-state index in [1.54, 1.807) is 0 Å². The topological polar surface area (TPSA) is 83.8 Å². The number of phenols is 1. The molecule has 1 aliphatic rings. The van der Waals surface area contributed by atoms with Crippen LogP contribution in [0, 0.1) is 12.8 Å². The Morgan fingerprint density at radius 2 is 2.04 bits per heavy atom. The quantitative estimate of drug-likeness (QED) is 0.615. The number of carbonyl (C=O) groups is 2. The summed E-state index contributed by atoms with van der Waals surface area (Å²) in [5, 5.41) is 19.5. The van der Waals surface area contributed by atoms with E-state index in [4.69, 9.17) is 9.84 Å². The van der Waals surface area contributed by atoms with Crippen LogP contribution < -0.4 is 0 Å². The standard InChI is InChI=1S/C19H24O5/c1-5-13-12(4)15-9-24-19(23)17(15)18(22)14(13)7-6-10(2)11(3)8-16(20)21/h6,11,22H,5,7-9H2,1-4H3,(H,20,21). The number of aromatic hydroxyl groups is 1. The van der Waals surface area contributed by atoms with E-state index in [0.717, 1.165) is 34.2 Å². The molecule has 1 aliphatic heterocycles. The minimum atomic E-state index is -0.830. The van der Waals surface area contributed by atoms with E-state index < -0.39 is 11.9 Å². The van der Waals surface area contributed by atoms with Crippen molar-refractivity contribution in [1.82, 2.24) is 0 Å². The van der Waals surface area contributed by atoms with E-state index in [0.29, 0.717) is 6.42 Å². The molecule has 0 spiro atoms. The molecule has 0 aromatic heterocycles. The number of rotatable bonds is 6. The molecule has 0 saturated carbocycles. The number of hydrogen-bond donors (Lipinski definition) is 2. The summed E-state index contributed by atoms with van der Waals surface area (Å²) in [7, 11) is 0. The summed E-state index contributed by atoms with van der Waals surface area (Å²) in [5.74, 6) is -1.38. The molecule has 1 aromatic rings. The van der Waals surface area contributed by atoms with Gasteiger partial charge in [-0.25, -0.2) is 4.79 Å². The molecular formula is C19H24O5. The third-order valence-corrected chi connectivity index (χ3v) is 4.89. The van der Waals surface area contributed by atoms with Gasteiger partial charge in [0, 0.05) is 11.1 Å². The van der Waals surface area contributed by atoms with Crippen LogP contribution in [0.4, 0.5) is 0 Å². The third kappa shape index (κ3) is 3.30. The van der Waals surface area contributed by atoms with Crippen LogP contribution in [0.3, 0.4) is 0 Å². The highest BCUT2D eigenvalue weighted by Gasteiger charge is 2.30. The summed E-state index contributed by atoms with van der Waals surface area (Å²) in [5.41, 5.74) is 4.77. The zero-order chi connectivity index (χ0) is 18.0. The monoisotopic (exact) mass is 332 g/mol. The molecule has 1 atom stereocenters. The number of carboxylic acids is 1. The fourth-order valence-electron chi connectivity index (χ4n) is 3.23. The summed E-state index contributed by atoms with van der Waals surface area (Å²) in [4.78, 5) is 22.7. The van der Waals surface area contributed by atoms with E-state index in [2.05, 4.69) is 0 Å². The molecule has 0 radical (unpaired) electrons. The number of phenolic OH excluding ortho intramolecular Hbond substituents is 1. The molecule has 130 valence electrons. The number of aliphatic carboxylic acids is 1. The van der Waals surface area contributed by atoms with Gasteiger partial charge in [0.15, 0.2) is 0 Å². The molecule has 0 amide bonds. The average molecular weight is 332 g/mol. The predicted molar refractivity (Wildman–Crippen MR) is 90.2 cm³/mol. The van der Waals surface area contributed by atoms with Crippen LogP contribution in [-0.2, 0) is 29.0 Å². The Hall–Kier alpha value is -2.30. The predicted octanol–water partition coefficient (Wildman–Crippen LogP) is 3.53. The zero-order valence-corrected chi connectivity index (χ0v) is 14.6. The molecule has 0 bridgehead atoms. The van der Waals surface area contributed by atoms with E-state index in [1.165, 1.54) is 0 Å². The van der Waals surface area contributed by atoms with Crippen molar-refractivity contribution in [3.63, 3.8) is 0 Å². The second kappa shape index (κ2) is 7.07. The first kappa shape index (κ1) is 18.0. The molecule has 2 rings (SSSR count). The number of carboxylic acid groups (broad SMARTS) is 1. The fourth-order valence-corrected chi connectivity index (χ4v) is 3.23. The SMILES string of the molecule is CCc1c(C)c2c(c(O)c1CC=C(C)C(C)CC(=O)O)C(=O)OC2. The van der Waals surface area contributed by atoms with Crippen molar-refractivity contribution in [2.75, 3.05) is 0 Å². The van der Waals surface area contributed by atoms with Crippen LogP contribution >= 0.6 is 0 Å². The lowest BCUT2D eigenvalue weighted by molar-refractivity contribution is -0.137. The minimum Gasteiger partial charge on any atom is -0.507 e. The van der Waals surface area contributed by atoms with Crippen molar-refractivity contribution in [2.24, 2.45) is 5.92 Å². The van der Waals surface area contributed by atoms with Gasteiger partial charge >= 0.3 is 11.9 Å². The number of allylic oxidation sites excluding steroid dienone is 2. The van der Waals surface area contributed by atoms with Crippen LogP contribution in [0.5, 0.6) is 5.75 Å². The Morgan fingerprint density at radius 3 is 2.62 bits per heavy atom. The minimum absolute atomic E-state index is 0.00453. The average Bonchev–Trinajstić information content (AvgIpc) is 2.90. The smallest absolute Gasteiger partial charge is 0.342 e. The van der Waals surface area contributed by atoms with Gasteiger partial charge in [0.25, 0.3) is 0 Å². The zero-order valence-electron chi connectivity index (χ0n) is 14.6. The van der Waals surface area contributed by atoms with Crippen molar-refractivity contribution < 1.29 is 24.5 Å². The fraction of sp³-hybridized carbons (Fsp3) is 0.474. The van der Waals surface area contributed by atoms with E-state index in [9.17, 15) is 14.7 Å². The van der Waals surface area contributed by atoms with Gasteiger partial charge in [0.1, 0.15) is 17.9 Å². The maximum Gasteiger partial charge on any atom is 0.342 e. The van der Waals surface area contributed by atoms with E-state index >= 15 is 0 Å². The summed E-state index contributed by atoms with van der Waals surface area (Å²) in [6.07, 6.45) is 3.22. The lowest BCUT2D eigenvalue weighted by Crippen LogP contribution is -2.07. The van der Waals surface area contributed by atoms with Gasteiger partial charge < -0.3 is 14.9 Å². The summed E-state index contributed by atoms with van der Waals surface area (Å²) in [6, 6.07) is 0. The Balaban J connectivity index is 2.40. The maximum atomic E-state index is 11.9. The number of hydrogen-bond acceptors (Lipinski definition) is 4. The number of cyclic esters (lactones) is 1. The molecule has 1 heterocycles. The second-order valence-electron chi connectivity index (χ2n) is 6.37. The maximum absolute atomic E-state index is 11.9. The molecule has 0 aliphatic carbocycles. The van der Waals surface area contributed by atoms with Crippen molar-refractivity contribution >= 4 is 11.9 Å². The van der Waals surface area contributed by atoms with Gasteiger partial charge in [0.05, 0.1) is 6.42 Å². The summed E-state index contributed by atoms with van der Waals surface area (Å²) in [6.45, 7) is 7.94. The largest absolute Gasteiger partial charge is 0.507 e. The Kier molecular flexibility index (Phi) is 5.32. The molecule has 1 aromatic carbocycles. The van der Waals surface area contributed by atoms with Gasteiger partial charge in [-0.2, -0.15) is 0 Å². The number of esters is 1. The Bertz CT molecular complexity index is 715. The van der Waals surface area contributed by atoms with Crippen LogP contribution in [0.25, 0.3) is 0 Å². The van der Waals surface area contributed by atoms with Crippen molar-refractivity contribution in [3.05, 3.63) is 39.5 Å². The summed E-state index contributed by atoms with van der Waals surface area (Å²) >= 11 is 0. The van der Waals surface area contributed by atoms with Crippen molar-refractivity contribution in [1.29, 1.82) is 0 Å². The van der Waals surface area contributed by atoms with Crippen molar-refractivity contribution in [2.45, 2.75) is 53.6 Å². The highest BCUT2D eigenvalue weighted by Crippen LogP contribution is 2.38. The molecule has 2 N–H and O–H groups in total. The van der Waals surface area contributed by atoms with Gasteiger partial charge in [0.2, 0.25) is 0 Å². The first-order valence-corrected chi connectivity index (χ1v) is 8.19. The number of benzene rings is 1. The Morgan fingerprint density at radius 1 is 1.38 bits per heavy atom. The molecule has 1 unspecified atom stereocenters. The van der Waals surface area contributed by atoms with Gasteiger partial charge in [-0.05, 0) is 43.7 Å². The van der Waals surface area contributed by atoms with Crippen molar-refractivity contribution in [3.8, 4) is 5.75 Å². The molecule has 0 fully saturated rings. The van der Waals surface area contributed by atoms with Gasteiger partial charge in [-0.15, -0.1) is 0 Å². The first-order valence-electron chi connectivity index (χ1n) is 8.19. The highest BCUT2D eigenvalue weighted by molar-refractivity contribution is 5.97. The van der Waals surface area contributed by atoms with Crippen LogP contribution in [0.15, 0.2) is 11.6 Å². The van der Waals surface area contributed by atoms with Crippen LogP contribution in [0.1, 0.15) is 59.8 Å². The van der Waals surface area contributed by atoms with E-state index in [-0.39, 0.29) is 30.3 Å². The normalized spacial score (nSPS) is 15.2. The van der Waals surface area contributed by atoms with E-state index in [1.807, 2.05) is 33.8 Å². The molecule has 5 heteroatoms. The molecule has 24 heavy (non-hydrogen) atoms. The Labute approximate surface area is 142 Å². The van der Waals surface area contributed by atoms with Crippen LogP contribution in [0.2, 0.25) is 0 Å². The molecule has 0 saturated heterocycles. The third-order valence-electron chi connectivity index (χ3n) is 4.89. The molecule has 5 nitrogen and oxygen atoms in total. The first-order chi connectivity index (χ1) is 11.3. The lowest BCUT2D eigenvalue weighted by atomic mass is 9.88. The number of carbonyl (C=O) groups excluding carboxylic acids is 1. The second-order valence-corrected chi connectivity index (χ2v) is 6.37. The molecular weight excluding hydrogens is 308 g/mol. The lowest BCUT2D eigenvalue weighted by Gasteiger charge is -2.16. The number of ether oxygens (including phenoxy) is 1. The van der Waals surface area contributed by atoms with Gasteiger partial charge in [-0.3, -0.25) is 4.79 Å². The van der Waals surface area contributed by atoms with Gasteiger partial charge in [-0.1, -0.05) is 25.5 Å². The number of fused-ring (bicyclic) bond motifs is 1. The highest BCUT2D eigenvalue weighted by atomic mass is 16.5.